The normalized spacial score (nSPS) is 14.0. The van der Waals surface area contributed by atoms with E-state index in [4.69, 9.17) is 9.47 Å². The molecule has 40 heavy (non-hydrogen) atoms. The molecule has 4 rings (SSSR count). The summed E-state index contributed by atoms with van der Waals surface area (Å²) in [5.41, 5.74) is 3.25. The largest absolute Gasteiger partial charge is 0.462 e. The summed E-state index contributed by atoms with van der Waals surface area (Å²) in [6, 6.07) is 11.2. The summed E-state index contributed by atoms with van der Waals surface area (Å²) in [6.07, 6.45) is 0. The molecular weight excluding hydrogens is 554 g/mol. The van der Waals surface area contributed by atoms with E-state index in [1.807, 2.05) is 32.0 Å². The smallest absolute Gasteiger partial charge is 0.341 e. The number of thiophene rings is 1. The van der Waals surface area contributed by atoms with Gasteiger partial charge in [-0.25, -0.2) is 13.2 Å². The molecule has 10 nitrogen and oxygen atoms in total. The minimum Gasteiger partial charge on any atom is -0.462 e. The maximum Gasteiger partial charge on any atom is 0.341 e. The van der Waals surface area contributed by atoms with Gasteiger partial charge in [0.2, 0.25) is 10.0 Å². The highest BCUT2D eigenvalue weighted by atomic mass is 32.2. The molecule has 0 radical (unpaired) electrons. The Morgan fingerprint density at radius 3 is 2.27 bits per heavy atom. The zero-order valence-electron chi connectivity index (χ0n) is 22.7. The summed E-state index contributed by atoms with van der Waals surface area (Å²) >= 11 is 0.967. The van der Waals surface area contributed by atoms with Crippen molar-refractivity contribution in [2.24, 2.45) is 0 Å². The van der Waals surface area contributed by atoms with Crippen LogP contribution >= 0.6 is 11.3 Å². The number of carbonyl (C=O) groups is 3. The van der Waals surface area contributed by atoms with Crippen LogP contribution in [-0.2, 0) is 19.5 Å². The Morgan fingerprint density at radius 1 is 0.975 bits per heavy atom. The van der Waals surface area contributed by atoms with Gasteiger partial charge < -0.3 is 20.1 Å². The highest BCUT2D eigenvalue weighted by molar-refractivity contribution is 7.89. The van der Waals surface area contributed by atoms with Crippen molar-refractivity contribution in [3.05, 3.63) is 75.2 Å². The van der Waals surface area contributed by atoms with E-state index in [2.05, 4.69) is 10.6 Å². The summed E-state index contributed by atoms with van der Waals surface area (Å²) in [5, 5.41) is 5.75. The number of anilines is 2. The number of carbonyl (C=O) groups excluding carboxylic acids is 3. The molecule has 1 aliphatic rings. The molecule has 2 aromatic carbocycles. The van der Waals surface area contributed by atoms with Crippen molar-refractivity contribution < 1.29 is 32.3 Å². The lowest BCUT2D eigenvalue weighted by Crippen LogP contribution is -2.40. The van der Waals surface area contributed by atoms with Crippen LogP contribution in [0.1, 0.15) is 54.0 Å². The molecule has 0 unspecified atom stereocenters. The second-order valence-electron chi connectivity index (χ2n) is 9.25. The van der Waals surface area contributed by atoms with Crippen LogP contribution < -0.4 is 10.6 Å². The molecule has 2 amide bonds. The number of nitrogens with one attached hydrogen (secondary N) is 2. The maximum atomic E-state index is 13.2. The standard InChI is InChI=1S/C28H31N3O7S2/c1-5-38-28(34)23-19(4)24(26(33)29-22-11-6-17(2)16-18(22)3)39-27(23)30-25(32)20-7-9-21(10-8-20)40(35,36)31-12-14-37-15-13-31/h6-11,16H,5,12-15H2,1-4H3,(H,29,33)(H,30,32). The maximum absolute atomic E-state index is 13.2. The molecule has 12 heteroatoms. The first-order valence-electron chi connectivity index (χ1n) is 12.7. The molecule has 212 valence electrons. The average Bonchev–Trinajstić information content (AvgIpc) is 3.26. The number of hydrogen-bond donors (Lipinski definition) is 2. The Morgan fingerprint density at radius 2 is 1.65 bits per heavy atom. The van der Waals surface area contributed by atoms with Crippen LogP contribution in [0.3, 0.4) is 0 Å². The number of nitrogens with zero attached hydrogens (tertiary/aromatic N) is 1. The van der Waals surface area contributed by atoms with Crippen LogP contribution in [0.25, 0.3) is 0 Å². The van der Waals surface area contributed by atoms with E-state index in [1.54, 1.807) is 13.8 Å². The van der Waals surface area contributed by atoms with Crippen LogP contribution in [-0.4, -0.2) is 63.4 Å². The zero-order valence-corrected chi connectivity index (χ0v) is 24.3. The lowest BCUT2D eigenvalue weighted by atomic mass is 10.1. The number of benzene rings is 2. The van der Waals surface area contributed by atoms with Gasteiger partial charge in [0.1, 0.15) is 5.00 Å². The fourth-order valence-corrected chi connectivity index (χ4v) is 6.78. The van der Waals surface area contributed by atoms with Crippen molar-refractivity contribution in [3.8, 4) is 0 Å². The Bertz CT molecular complexity index is 1540. The topological polar surface area (TPSA) is 131 Å². The van der Waals surface area contributed by atoms with Gasteiger partial charge in [0.05, 0.1) is 35.2 Å². The Hall–Kier alpha value is -3.58. The van der Waals surface area contributed by atoms with Gasteiger partial charge in [0.15, 0.2) is 0 Å². The summed E-state index contributed by atoms with van der Waals surface area (Å²) in [4.78, 5) is 39.5. The molecule has 1 aliphatic heterocycles. The van der Waals surface area contributed by atoms with E-state index in [0.29, 0.717) is 24.5 Å². The van der Waals surface area contributed by atoms with E-state index in [-0.39, 0.29) is 45.6 Å². The van der Waals surface area contributed by atoms with Gasteiger partial charge in [-0.05, 0) is 69.2 Å². The number of esters is 1. The van der Waals surface area contributed by atoms with Gasteiger partial charge >= 0.3 is 5.97 Å². The summed E-state index contributed by atoms with van der Waals surface area (Å²) < 4.78 is 37.6. The SMILES string of the molecule is CCOC(=O)c1c(NC(=O)c2ccc(S(=O)(=O)N3CCOCC3)cc2)sc(C(=O)Nc2ccc(C)cc2C)c1C. The summed E-state index contributed by atoms with van der Waals surface area (Å²) in [7, 11) is -3.71. The van der Waals surface area contributed by atoms with E-state index in [9.17, 15) is 22.8 Å². The second-order valence-corrected chi connectivity index (χ2v) is 12.2. The van der Waals surface area contributed by atoms with Crippen molar-refractivity contribution in [2.75, 3.05) is 43.5 Å². The summed E-state index contributed by atoms with van der Waals surface area (Å²) in [5.74, 6) is -1.65. The van der Waals surface area contributed by atoms with Gasteiger partial charge in [0.25, 0.3) is 11.8 Å². The third kappa shape index (κ3) is 6.25. The van der Waals surface area contributed by atoms with Crippen molar-refractivity contribution in [2.45, 2.75) is 32.6 Å². The predicted octanol–water partition coefficient (Wildman–Crippen LogP) is 4.38. The molecule has 0 atom stereocenters. The lowest BCUT2D eigenvalue weighted by molar-refractivity contribution is 0.0527. The number of sulfonamides is 1. The van der Waals surface area contributed by atoms with Gasteiger partial charge in [-0.15, -0.1) is 11.3 Å². The van der Waals surface area contributed by atoms with Crippen molar-refractivity contribution in [1.29, 1.82) is 0 Å². The fourth-order valence-electron chi connectivity index (χ4n) is 4.29. The van der Waals surface area contributed by atoms with Gasteiger partial charge in [-0.1, -0.05) is 17.7 Å². The number of amides is 2. The number of hydrogen-bond acceptors (Lipinski definition) is 8. The third-order valence-electron chi connectivity index (χ3n) is 6.41. The molecule has 1 saturated heterocycles. The minimum atomic E-state index is -3.71. The first-order chi connectivity index (χ1) is 19.0. The molecule has 1 fully saturated rings. The van der Waals surface area contributed by atoms with Crippen molar-refractivity contribution in [3.63, 3.8) is 0 Å². The molecular formula is C28H31N3O7S2. The number of rotatable bonds is 8. The molecule has 0 spiro atoms. The van der Waals surface area contributed by atoms with Crippen LogP contribution in [0.15, 0.2) is 47.4 Å². The molecule has 2 heterocycles. The lowest BCUT2D eigenvalue weighted by Gasteiger charge is -2.26. The monoisotopic (exact) mass is 585 g/mol. The van der Waals surface area contributed by atoms with E-state index in [0.717, 1.165) is 22.5 Å². The Balaban J connectivity index is 1.58. The molecule has 3 aromatic rings. The highest BCUT2D eigenvalue weighted by Crippen LogP contribution is 2.35. The van der Waals surface area contributed by atoms with E-state index in [1.165, 1.54) is 28.6 Å². The van der Waals surface area contributed by atoms with Gasteiger partial charge in [-0.3, -0.25) is 9.59 Å². The van der Waals surface area contributed by atoms with Gasteiger partial charge in [-0.2, -0.15) is 4.31 Å². The van der Waals surface area contributed by atoms with Crippen LogP contribution in [0, 0.1) is 20.8 Å². The average molecular weight is 586 g/mol. The first kappa shape index (κ1) is 29.4. The third-order valence-corrected chi connectivity index (χ3v) is 9.53. The minimum absolute atomic E-state index is 0.0653. The quantitative estimate of drug-likeness (QED) is 0.375. The highest BCUT2D eigenvalue weighted by Gasteiger charge is 2.28. The molecule has 2 N–H and O–H groups in total. The molecule has 1 aromatic heterocycles. The number of morpholine rings is 1. The number of aryl methyl sites for hydroxylation is 2. The Kier molecular flexibility index (Phi) is 9.04. The number of ether oxygens (including phenoxy) is 2. The first-order valence-corrected chi connectivity index (χ1v) is 15.0. The second kappa shape index (κ2) is 12.3. The van der Waals surface area contributed by atoms with Crippen molar-refractivity contribution >= 4 is 49.8 Å². The zero-order chi connectivity index (χ0) is 29.0. The fraction of sp³-hybridized carbons (Fsp3) is 0.321. The predicted molar refractivity (Wildman–Crippen MR) is 153 cm³/mol. The summed E-state index contributed by atoms with van der Waals surface area (Å²) in [6.45, 7) is 8.43. The Labute approximate surface area is 237 Å². The van der Waals surface area contributed by atoms with E-state index >= 15 is 0 Å². The van der Waals surface area contributed by atoms with Gasteiger partial charge in [0, 0.05) is 24.3 Å². The molecule has 0 aliphatic carbocycles. The van der Waals surface area contributed by atoms with E-state index < -0.39 is 27.8 Å². The van der Waals surface area contributed by atoms with Crippen LogP contribution in [0.4, 0.5) is 10.7 Å². The molecule has 0 saturated carbocycles. The van der Waals surface area contributed by atoms with Crippen LogP contribution in [0.5, 0.6) is 0 Å². The van der Waals surface area contributed by atoms with Crippen LogP contribution in [0.2, 0.25) is 0 Å². The molecule has 0 bridgehead atoms. The van der Waals surface area contributed by atoms with Crippen molar-refractivity contribution in [1.82, 2.24) is 4.31 Å².